The SMILES string of the molecule is Cn1ncc(N2CCN(C(=O)c3cccc([C@@H]4CCCNC4)c3)CC2)cc1=O. The van der Waals surface area contributed by atoms with Crippen LogP contribution in [-0.2, 0) is 7.05 Å². The van der Waals surface area contributed by atoms with Crippen molar-refractivity contribution in [1.82, 2.24) is 20.0 Å². The van der Waals surface area contributed by atoms with Crippen LogP contribution in [0.5, 0.6) is 0 Å². The fraction of sp³-hybridized carbons (Fsp3) is 0.476. The molecule has 1 atom stereocenters. The van der Waals surface area contributed by atoms with E-state index in [1.807, 2.05) is 17.0 Å². The normalized spacial score (nSPS) is 20.2. The van der Waals surface area contributed by atoms with Crippen LogP contribution in [0, 0.1) is 0 Å². The predicted octanol–water partition coefficient (Wildman–Crippen LogP) is 1.21. The molecule has 1 aromatic heterocycles. The summed E-state index contributed by atoms with van der Waals surface area (Å²) in [6.45, 7) is 4.76. The van der Waals surface area contributed by atoms with Gasteiger partial charge in [0.25, 0.3) is 11.5 Å². The highest BCUT2D eigenvalue weighted by atomic mass is 16.2. The van der Waals surface area contributed by atoms with Crippen LogP contribution >= 0.6 is 0 Å². The third-order valence-corrected chi connectivity index (χ3v) is 5.79. The molecule has 1 amide bonds. The average molecular weight is 381 g/mol. The smallest absolute Gasteiger partial charge is 0.268 e. The molecule has 0 bridgehead atoms. The molecule has 2 aliphatic rings. The molecule has 0 radical (unpaired) electrons. The standard InChI is InChI=1S/C21H27N5O2/c1-24-20(27)13-19(15-23-24)25-8-10-26(11-9-25)21(28)17-5-2-4-16(12-17)18-6-3-7-22-14-18/h2,4-5,12-13,15,18,22H,3,6-11,14H2,1H3/t18-/m1/s1. The first kappa shape index (κ1) is 18.7. The van der Waals surface area contributed by atoms with Crippen molar-refractivity contribution in [2.75, 3.05) is 44.2 Å². The third-order valence-electron chi connectivity index (χ3n) is 5.79. The van der Waals surface area contributed by atoms with Gasteiger partial charge in [0.2, 0.25) is 0 Å². The number of anilines is 1. The number of amides is 1. The van der Waals surface area contributed by atoms with E-state index in [2.05, 4.69) is 27.4 Å². The van der Waals surface area contributed by atoms with Crippen LogP contribution in [0.15, 0.2) is 41.3 Å². The number of aryl methyl sites for hydroxylation is 1. The zero-order chi connectivity index (χ0) is 19.5. The Morgan fingerprint density at radius 3 is 2.71 bits per heavy atom. The minimum absolute atomic E-state index is 0.0902. The third kappa shape index (κ3) is 3.94. The molecule has 0 saturated carbocycles. The number of rotatable bonds is 3. The van der Waals surface area contributed by atoms with E-state index >= 15 is 0 Å². The van der Waals surface area contributed by atoms with Gasteiger partial charge in [0.15, 0.2) is 0 Å². The summed E-state index contributed by atoms with van der Waals surface area (Å²) in [4.78, 5) is 28.8. The molecule has 28 heavy (non-hydrogen) atoms. The van der Waals surface area contributed by atoms with Crippen molar-refractivity contribution in [1.29, 1.82) is 0 Å². The number of carbonyl (C=O) groups excluding carboxylic acids is 1. The molecule has 148 valence electrons. The summed E-state index contributed by atoms with van der Waals surface area (Å²) in [5.74, 6) is 0.582. The zero-order valence-corrected chi connectivity index (χ0v) is 16.3. The fourth-order valence-corrected chi connectivity index (χ4v) is 4.05. The number of piperidine rings is 1. The van der Waals surface area contributed by atoms with E-state index < -0.39 is 0 Å². The Balaban J connectivity index is 1.41. The van der Waals surface area contributed by atoms with Crippen LogP contribution in [0.2, 0.25) is 0 Å². The summed E-state index contributed by atoms with van der Waals surface area (Å²) >= 11 is 0. The Kier molecular flexibility index (Phi) is 5.43. The first-order valence-electron chi connectivity index (χ1n) is 10.00. The van der Waals surface area contributed by atoms with Gasteiger partial charge in [-0.3, -0.25) is 9.59 Å². The second kappa shape index (κ2) is 8.14. The van der Waals surface area contributed by atoms with Gasteiger partial charge in [-0.15, -0.1) is 0 Å². The number of carbonyl (C=O) groups is 1. The maximum atomic E-state index is 13.0. The van der Waals surface area contributed by atoms with E-state index in [0.29, 0.717) is 32.1 Å². The Morgan fingerprint density at radius 2 is 2.00 bits per heavy atom. The summed E-state index contributed by atoms with van der Waals surface area (Å²) in [5.41, 5.74) is 2.72. The van der Waals surface area contributed by atoms with Gasteiger partial charge in [0.1, 0.15) is 0 Å². The molecule has 7 heteroatoms. The molecule has 1 N–H and O–H groups in total. The summed E-state index contributed by atoms with van der Waals surface area (Å²) in [7, 11) is 1.64. The van der Waals surface area contributed by atoms with E-state index in [1.165, 1.54) is 23.1 Å². The van der Waals surface area contributed by atoms with Crippen molar-refractivity contribution in [3.8, 4) is 0 Å². The van der Waals surface area contributed by atoms with E-state index in [-0.39, 0.29) is 11.5 Å². The van der Waals surface area contributed by atoms with Gasteiger partial charge in [0, 0.05) is 51.4 Å². The summed E-state index contributed by atoms with van der Waals surface area (Å²) in [6, 6.07) is 9.72. The van der Waals surface area contributed by atoms with E-state index in [0.717, 1.165) is 24.3 Å². The molecular formula is C21H27N5O2. The highest BCUT2D eigenvalue weighted by molar-refractivity contribution is 5.94. The minimum atomic E-state index is -0.120. The van der Waals surface area contributed by atoms with E-state index in [4.69, 9.17) is 0 Å². The van der Waals surface area contributed by atoms with Crippen molar-refractivity contribution >= 4 is 11.6 Å². The maximum absolute atomic E-state index is 13.0. The maximum Gasteiger partial charge on any atom is 0.268 e. The summed E-state index contributed by atoms with van der Waals surface area (Å²) in [6.07, 6.45) is 4.07. The lowest BCUT2D eigenvalue weighted by Crippen LogP contribution is -2.49. The van der Waals surface area contributed by atoms with Gasteiger partial charge in [-0.1, -0.05) is 12.1 Å². The van der Waals surface area contributed by atoms with Crippen LogP contribution in [0.25, 0.3) is 0 Å². The Labute approximate surface area is 165 Å². The van der Waals surface area contributed by atoms with Crippen LogP contribution < -0.4 is 15.8 Å². The predicted molar refractivity (Wildman–Crippen MR) is 109 cm³/mol. The van der Waals surface area contributed by atoms with Gasteiger partial charge < -0.3 is 15.1 Å². The topological polar surface area (TPSA) is 70.5 Å². The molecule has 3 heterocycles. The highest BCUT2D eigenvalue weighted by Crippen LogP contribution is 2.24. The zero-order valence-electron chi connectivity index (χ0n) is 16.3. The lowest BCUT2D eigenvalue weighted by molar-refractivity contribution is 0.0746. The van der Waals surface area contributed by atoms with Gasteiger partial charge in [-0.25, -0.2) is 4.68 Å². The number of hydrogen-bond donors (Lipinski definition) is 1. The number of nitrogens with one attached hydrogen (secondary N) is 1. The first-order valence-corrected chi connectivity index (χ1v) is 10.00. The van der Waals surface area contributed by atoms with Crippen molar-refractivity contribution in [2.45, 2.75) is 18.8 Å². The van der Waals surface area contributed by atoms with Crippen LogP contribution in [-0.4, -0.2) is 59.9 Å². The number of benzene rings is 1. The Bertz CT molecular complexity index is 896. The average Bonchev–Trinajstić information content (AvgIpc) is 2.76. The lowest BCUT2D eigenvalue weighted by atomic mass is 9.90. The molecule has 4 rings (SSSR count). The summed E-state index contributed by atoms with van der Waals surface area (Å²) < 4.78 is 1.32. The van der Waals surface area contributed by atoms with E-state index in [1.54, 1.807) is 19.3 Å². The van der Waals surface area contributed by atoms with Gasteiger partial charge in [-0.05, 0) is 43.0 Å². The van der Waals surface area contributed by atoms with Crippen LogP contribution in [0.1, 0.15) is 34.7 Å². The quantitative estimate of drug-likeness (QED) is 0.865. The molecule has 2 aliphatic heterocycles. The van der Waals surface area contributed by atoms with Crippen LogP contribution in [0.3, 0.4) is 0 Å². The van der Waals surface area contributed by atoms with Gasteiger partial charge >= 0.3 is 0 Å². The van der Waals surface area contributed by atoms with Crippen molar-refractivity contribution < 1.29 is 4.79 Å². The Morgan fingerprint density at radius 1 is 1.18 bits per heavy atom. The van der Waals surface area contributed by atoms with Gasteiger partial charge in [-0.2, -0.15) is 5.10 Å². The fourth-order valence-electron chi connectivity index (χ4n) is 4.05. The molecule has 0 unspecified atom stereocenters. The summed E-state index contributed by atoms with van der Waals surface area (Å²) in [5, 5.41) is 7.53. The Hall–Kier alpha value is -2.67. The number of hydrogen-bond acceptors (Lipinski definition) is 5. The number of nitrogens with zero attached hydrogens (tertiary/aromatic N) is 4. The molecule has 0 aliphatic carbocycles. The number of aromatic nitrogens is 2. The van der Waals surface area contributed by atoms with Gasteiger partial charge in [0.05, 0.1) is 11.9 Å². The highest BCUT2D eigenvalue weighted by Gasteiger charge is 2.24. The number of piperazine rings is 1. The molecule has 7 nitrogen and oxygen atoms in total. The monoisotopic (exact) mass is 381 g/mol. The molecule has 2 aromatic rings. The van der Waals surface area contributed by atoms with Crippen LogP contribution in [0.4, 0.5) is 5.69 Å². The molecular weight excluding hydrogens is 354 g/mol. The first-order chi connectivity index (χ1) is 13.6. The second-order valence-electron chi connectivity index (χ2n) is 7.62. The van der Waals surface area contributed by atoms with Crippen molar-refractivity contribution in [3.05, 3.63) is 58.0 Å². The van der Waals surface area contributed by atoms with Crippen molar-refractivity contribution in [2.24, 2.45) is 7.05 Å². The van der Waals surface area contributed by atoms with E-state index in [9.17, 15) is 9.59 Å². The molecule has 2 fully saturated rings. The largest absolute Gasteiger partial charge is 0.367 e. The molecule has 0 spiro atoms. The van der Waals surface area contributed by atoms with Crippen molar-refractivity contribution in [3.63, 3.8) is 0 Å². The molecule has 2 saturated heterocycles. The minimum Gasteiger partial charge on any atom is -0.367 e. The molecule has 1 aromatic carbocycles. The lowest BCUT2D eigenvalue weighted by Gasteiger charge is -2.36. The second-order valence-corrected chi connectivity index (χ2v) is 7.62.